The van der Waals surface area contributed by atoms with Crippen molar-refractivity contribution >= 4 is 19.8 Å². The molecule has 10 heteroatoms. The number of carbonyl (C=O) groups excluding carboxylic acids is 2. The zero-order valence-corrected chi connectivity index (χ0v) is 55.4. The molecule has 0 spiro atoms. The van der Waals surface area contributed by atoms with Crippen molar-refractivity contribution in [1.29, 1.82) is 0 Å². The highest BCUT2D eigenvalue weighted by Gasteiger charge is 2.27. The van der Waals surface area contributed by atoms with Crippen LogP contribution in [0.4, 0.5) is 0 Å². The van der Waals surface area contributed by atoms with Gasteiger partial charge >= 0.3 is 19.8 Å². The zero-order valence-electron chi connectivity index (χ0n) is 54.5. The fourth-order valence-corrected chi connectivity index (χ4v) is 10.7. The van der Waals surface area contributed by atoms with E-state index in [2.05, 4.69) is 86.8 Å². The van der Waals surface area contributed by atoms with E-state index in [0.717, 1.165) is 77.0 Å². The van der Waals surface area contributed by atoms with Gasteiger partial charge in [-0.1, -0.05) is 299 Å². The highest BCUT2D eigenvalue weighted by molar-refractivity contribution is 7.47. The standard InChI is InChI=1S/C72H132NO8P/c1-6-8-10-12-14-16-18-20-22-24-26-28-30-31-32-33-34-35-36-37-38-39-40-41-43-44-46-48-50-52-54-56-58-60-62-64-71(74)78-68-70(69-80-82(76,77)79-67-66-73(3,4)5)81-72(75)65-63-61-59-57-55-53-51-49-47-45-42-29-27-25-23-21-19-17-15-13-11-9-7-2/h9,11,15,17-18,20-21,23-24,26-27,29,70H,6-8,10,12-14,16,19,22,25,28,30-69H2,1-5H3/p+1/b11-9-,17-15-,20-18-,23-21-,26-24-,29-27-. The Morgan fingerprint density at radius 1 is 0.390 bits per heavy atom. The van der Waals surface area contributed by atoms with Gasteiger partial charge in [-0.25, -0.2) is 4.57 Å². The average molecular weight is 1170 g/mol. The third-order valence-electron chi connectivity index (χ3n) is 15.2. The van der Waals surface area contributed by atoms with Crippen molar-refractivity contribution in [1.82, 2.24) is 0 Å². The fourth-order valence-electron chi connectivity index (χ4n) is 9.92. The molecule has 0 saturated heterocycles. The Morgan fingerprint density at radius 3 is 1.04 bits per heavy atom. The highest BCUT2D eigenvalue weighted by Crippen LogP contribution is 2.43. The molecule has 2 unspecified atom stereocenters. The summed E-state index contributed by atoms with van der Waals surface area (Å²) >= 11 is 0. The maximum atomic E-state index is 12.9. The Labute approximate surface area is 508 Å². The predicted octanol–water partition coefficient (Wildman–Crippen LogP) is 22.4. The van der Waals surface area contributed by atoms with E-state index in [0.29, 0.717) is 17.4 Å². The van der Waals surface area contributed by atoms with Gasteiger partial charge in [-0.15, -0.1) is 0 Å². The van der Waals surface area contributed by atoms with Gasteiger partial charge in [0.2, 0.25) is 0 Å². The summed E-state index contributed by atoms with van der Waals surface area (Å²) in [6, 6.07) is 0. The van der Waals surface area contributed by atoms with Crippen LogP contribution >= 0.6 is 7.82 Å². The average Bonchev–Trinajstić information content (AvgIpc) is 3.46. The molecule has 0 fully saturated rings. The van der Waals surface area contributed by atoms with E-state index in [-0.39, 0.29) is 32.0 Å². The first-order valence-electron chi connectivity index (χ1n) is 34.7. The summed E-state index contributed by atoms with van der Waals surface area (Å²) in [6.45, 7) is 4.35. The highest BCUT2D eigenvalue weighted by atomic mass is 31.2. The number of nitrogens with zero attached hydrogens (tertiary/aromatic N) is 1. The minimum atomic E-state index is -4.39. The number of allylic oxidation sites excluding steroid dienone is 12. The van der Waals surface area contributed by atoms with Gasteiger partial charge in [0.05, 0.1) is 27.7 Å². The predicted molar refractivity (Wildman–Crippen MR) is 353 cm³/mol. The maximum absolute atomic E-state index is 12.9. The molecule has 82 heavy (non-hydrogen) atoms. The molecule has 0 aliphatic rings. The molecule has 478 valence electrons. The van der Waals surface area contributed by atoms with E-state index in [4.69, 9.17) is 18.5 Å². The van der Waals surface area contributed by atoms with Crippen LogP contribution in [0.2, 0.25) is 0 Å². The Hall–Kier alpha value is -2.55. The van der Waals surface area contributed by atoms with Crippen LogP contribution in [0, 0.1) is 0 Å². The second-order valence-corrected chi connectivity index (χ2v) is 26.0. The molecule has 0 rings (SSSR count). The van der Waals surface area contributed by atoms with Gasteiger partial charge in [-0.3, -0.25) is 18.6 Å². The van der Waals surface area contributed by atoms with Crippen LogP contribution in [0.3, 0.4) is 0 Å². The van der Waals surface area contributed by atoms with Crippen LogP contribution in [-0.4, -0.2) is 74.9 Å². The number of unbranched alkanes of at least 4 members (excludes halogenated alkanes) is 38. The monoisotopic (exact) mass is 1170 g/mol. The van der Waals surface area contributed by atoms with Crippen LogP contribution < -0.4 is 0 Å². The van der Waals surface area contributed by atoms with Gasteiger partial charge in [-0.05, 0) is 83.5 Å². The van der Waals surface area contributed by atoms with E-state index in [1.807, 2.05) is 21.1 Å². The normalized spacial score (nSPS) is 13.6. The summed E-state index contributed by atoms with van der Waals surface area (Å²) in [5.41, 5.74) is 0. The van der Waals surface area contributed by atoms with E-state index < -0.39 is 26.5 Å². The lowest BCUT2D eigenvalue weighted by Crippen LogP contribution is -2.37. The van der Waals surface area contributed by atoms with Crippen LogP contribution in [0.5, 0.6) is 0 Å². The summed E-state index contributed by atoms with van der Waals surface area (Å²) in [5.74, 6) is -0.791. The van der Waals surface area contributed by atoms with E-state index in [1.54, 1.807) is 0 Å². The van der Waals surface area contributed by atoms with Crippen molar-refractivity contribution in [3.63, 3.8) is 0 Å². The molecule has 0 saturated carbocycles. The number of phosphoric acid groups is 1. The second kappa shape index (κ2) is 63.0. The summed E-state index contributed by atoms with van der Waals surface area (Å²) in [4.78, 5) is 35.8. The lowest BCUT2D eigenvalue weighted by molar-refractivity contribution is -0.870. The molecular formula is C72H133NO8P+. The van der Waals surface area contributed by atoms with Gasteiger partial charge in [0.15, 0.2) is 6.10 Å². The molecule has 0 aromatic carbocycles. The molecule has 2 atom stereocenters. The molecule has 0 aromatic heterocycles. The van der Waals surface area contributed by atoms with Crippen LogP contribution in [0.1, 0.15) is 322 Å². The third kappa shape index (κ3) is 66.6. The van der Waals surface area contributed by atoms with Crippen molar-refractivity contribution < 1.29 is 42.1 Å². The van der Waals surface area contributed by atoms with Crippen molar-refractivity contribution in [3.05, 3.63) is 72.9 Å². The maximum Gasteiger partial charge on any atom is 0.472 e. The molecule has 0 aromatic rings. The fraction of sp³-hybridized carbons (Fsp3) is 0.806. The Bertz CT molecular complexity index is 1610. The van der Waals surface area contributed by atoms with Crippen molar-refractivity contribution in [3.8, 4) is 0 Å². The topological polar surface area (TPSA) is 108 Å². The quantitative estimate of drug-likeness (QED) is 0.0211. The molecule has 0 aliphatic heterocycles. The third-order valence-corrected chi connectivity index (χ3v) is 16.2. The largest absolute Gasteiger partial charge is 0.472 e. The van der Waals surface area contributed by atoms with Gasteiger partial charge in [0, 0.05) is 12.8 Å². The molecule has 1 N–H and O–H groups in total. The summed E-state index contributed by atoms with van der Waals surface area (Å²) in [5, 5.41) is 0. The molecule has 0 amide bonds. The zero-order chi connectivity index (χ0) is 59.8. The first kappa shape index (κ1) is 79.5. The number of rotatable bonds is 64. The first-order valence-corrected chi connectivity index (χ1v) is 36.2. The number of hydrogen-bond donors (Lipinski definition) is 1. The van der Waals surface area contributed by atoms with Gasteiger partial charge in [0.25, 0.3) is 0 Å². The SMILES string of the molecule is CC/C=C\C/C=C\C/C=C\C/C=C\CCCCCCCCCCCCC(=O)OC(COC(=O)CCCCCCCCCCCCCCCCCCCCCCCCC/C=C\C/C=C\CCCCCCC)COP(=O)(O)OCC[N+](C)(C)C. The van der Waals surface area contributed by atoms with Gasteiger partial charge < -0.3 is 18.9 Å². The molecular weight excluding hydrogens is 1040 g/mol. The lowest BCUT2D eigenvalue weighted by Gasteiger charge is -2.24. The first-order chi connectivity index (χ1) is 40.0. The number of quaternary nitrogens is 1. The van der Waals surface area contributed by atoms with E-state index >= 15 is 0 Å². The summed E-state index contributed by atoms with van der Waals surface area (Å²) < 4.78 is 34.7. The number of phosphoric ester groups is 1. The second-order valence-electron chi connectivity index (χ2n) is 24.5. The molecule has 0 aliphatic carbocycles. The van der Waals surface area contributed by atoms with E-state index in [9.17, 15) is 19.0 Å². The van der Waals surface area contributed by atoms with Crippen molar-refractivity contribution in [2.45, 2.75) is 328 Å². The van der Waals surface area contributed by atoms with E-state index in [1.165, 1.54) is 212 Å². The number of ether oxygens (including phenoxy) is 2. The summed E-state index contributed by atoms with van der Waals surface area (Å²) in [7, 11) is 1.48. The Morgan fingerprint density at radius 2 is 0.695 bits per heavy atom. The lowest BCUT2D eigenvalue weighted by atomic mass is 10.0. The number of hydrogen-bond acceptors (Lipinski definition) is 7. The molecule has 0 bridgehead atoms. The van der Waals surface area contributed by atoms with Crippen molar-refractivity contribution in [2.75, 3.05) is 47.5 Å². The molecule has 9 nitrogen and oxygen atoms in total. The van der Waals surface area contributed by atoms with Crippen molar-refractivity contribution in [2.24, 2.45) is 0 Å². The van der Waals surface area contributed by atoms with Crippen LogP contribution in [-0.2, 0) is 32.7 Å². The minimum Gasteiger partial charge on any atom is -0.462 e. The van der Waals surface area contributed by atoms with Gasteiger partial charge in [-0.2, -0.15) is 0 Å². The number of esters is 2. The molecule has 0 heterocycles. The Kier molecular flexibility index (Phi) is 61.0. The minimum absolute atomic E-state index is 0.0300. The number of carbonyl (C=O) groups is 2. The van der Waals surface area contributed by atoms with Gasteiger partial charge in [0.1, 0.15) is 19.8 Å². The Balaban J connectivity index is 3.98. The van der Waals surface area contributed by atoms with Crippen LogP contribution in [0.15, 0.2) is 72.9 Å². The summed E-state index contributed by atoms with van der Waals surface area (Å²) in [6.07, 6.45) is 84.4. The van der Waals surface area contributed by atoms with Crippen LogP contribution in [0.25, 0.3) is 0 Å². The molecule has 0 radical (unpaired) electrons. The smallest absolute Gasteiger partial charge is 0.462 e. The number of likely N-dealkylation sites (N-methyl/N-ethyl adjacent to an activating group) is 1.